The minimum atomic E-state index is -3.62. The van der Waals surface area contributed by atoms with Crippen molar-refractivity contribution in [1.82, 2.24) is 10.0 Å². The zero-order valence-corrected chi connectivity index (χ0v) is 18.2. The second-order valence-electron chi connectivity index (χ2n) is 7.14. The van der Waals surface area contributed by atoms with Gasteiger partial charge >= 0.3 is 0 Å². The highest BCUT2D eigenvalue weighted by Gasteiger charge is 2.28. The van der Waals surface area contributed by atoms with Crippen molar-refractivity contribution in [1.29, 1.82) is 0 Å². The van der Waals surface area contributed by atoms with E-state index in [1.165, 1.54) is 22.5 Å². The van der Waals surface area contributed by atoms with E-state index < -0.39 is 10.0 Å². The first kappa shape index (κ1) is 20.4. The molecule has 2 N–H and O–H groups in total. The molecule has 0 bridgehead atoms. The number of fused-ring (bicyclic) bond motifs is 1. The van der Waals surface area contributed by atoms with Gasteiger partial charge in [-0.2, -0.15) is 0 Å². The maximum atomic E-state index is 12.8. The van der Waals surface area contributed by atoms with Crippen molar-refractivity contribution in [2.75, 3.05) is 23.7 Å². The van der Waals surface area contributed by atoms with Crippen LogP contribution in [-0.2, 0) is 34.2 Å². The fourth-order valence-electron chi connectivity index (χ4n) is 3.56. The maximum absolute atomic E-state index is 12.8. The van der Waals surface area contributed by atoms with E-state index in [1.54, 1.807) is 17.0 Å². The zero-order valence-electron chi connectivity index (χ0n) is 15.8. The number of anilines is 1. The van der Waals surface area contributed by atoms with Crippen molar-refractivity contribution in [2.45, 2.75) is 25.8 Å². The molecule has 4 rings (SSSR count). The highest BCUT2D eigenvalue weighted by atomic mass is 35.5. The van der Waals surface area contributed by atoms with Crippen LogP contribution in [0.5, 0.6) is 0 Å². The predicted molar refractivity (Wildman–Crippen MR) is 117 cm³/mol. The summed E-state index contributed by atoms with van der Waals surface area (Å²) in [4.78, 5) is 15.3. The molecule has 3 heterocycles. The van der Waals surface area contributed by atoms with Crippen LogP contribution < -0.4 is 14.9 Å². The quantitative estimate of drug-likeness (QED) is 0.707. The fourth-order valence-corrected chi connectivity index (χ4v) is 5.87. The van der Waals surface area contributed by atoms with Crippen LogP contribution in [0.1, 0.15) is 22.4 Å². The second-order valence-corrected chi connectivity index (χ2v) is 10.8. The van der Waals surface area contributed by atoms with Crippen LogP contribution in [-0.4, -0.2) is 33.2 Å². The summed E-state index contributed by atoms with van der Waals surface area (Å²) in [5.74, 6) is -0.417. The lowest BCUT2D eigenvalue weighted by Crippen LogP contribution is -2.34. The van der Waals surface area contributed by atoms with Crippen LogP contribution in [0.4, 0.5) is 5.69 Å². The molecule has 2 aliphatic heterocycles. The largest absolute Gasteiger partial charge is 0.313 e. The van der Waals surface area contributed by atoms with E-state index in [9.17, 15) is 13.2 Å². The van der Waals surface area contributed by atoms with Crippen LogP contribution in [0, 0.1) is 0 Å². The first-order chi connectivity index (χ1) is 13.9. The van der Waals surface area contributed by atoms with Crippen LogP contribution in [0.15, 0.2) is 42.1 Å². The number of carbonyl (C=O) groups is 1. The number of carbonyl (C=O) groups excluding carboxylic acids is 1. The number of thiophene rings is 1. The molecule has 0 saturated heterocycles. The second kappa shape index (κ2) is 8.47. The molecule has 0 saturated carbocycles. The molecule has 0 radical (unpaired) electrons. The SMILES string of the molecule is O=C1C(NS(=O)(=O)CCc2ccc(Cl)s2)=CCN1c1ccc2c(c1)CCCNC2. The lowest BCUT2D eigenvalue weighted by molar-refractivity contribution is -0.114. The Morgan fingerprint density at radius 1 is 1.21 bits per heavy atom. The number of benzene rings is 1. The standard InChI is InChI=1S/C20H22ClN3O3S2/c21-19-6-5-17(28-19)8-11-29(26,27)23-18-7-10-24(20(18)25)16-4-3-15-13-22-9-1-2-14(15)12-16/h3-7,12,22-23H,1-2,8-11,13H2. The zero-order chi connectivity index (χ0) is 20.4. The van der Waals surface area contributed by atoms with Crippen LogP contribution in [0.25, 0.3) is 0 Å². The Morgan fingerprint density at radius 3 is 2.86 bits per heavy atom. The lowest BCUT2D eigenvalue weighted by Gasteiger charge is -2.19. The van der Waals surface area contributed by atoms with E-state index in [4.69, 9.17) is 11.6 Å². The molecular weight excluding hydrogens is 430 g/mol. The minimum Gasteiger partial charge on any atom is -0.313 e. The number of amides is 1. The summed E-state index contributed by atoms with van der Waals surface area (Å²) in [5.41, 5.74) is 3.41. The minimum absolute atomic E-state index is 0.0969. The van der Waals surface area contributed by atoms with Gasteiger partial charge in [-0.1, -0.05) is 17.7 Å². The monoisotopic (exact) mass is 451 g/mol. The molecule has 1 amide bonds. The van der Waals surface area contributed by atoms with E-state index in [0.717, 1.165) is 36.5 Å². The Labute approximate surface area is 179 Å². The summed E-state index contributed by atoms with van der Waals surface area (Å²) in [6, 6.07) is 9.59. The Hall–Kier alpha value is -1.87. The van der Waals surface area contributed by atoms with Gasteiger partial charge in [0.25, 0.3) is 5.91 Å². The molecule has 6 nitrogen and oxygen atoms in total. The average molecular weight is 452 g/mol. The molecule has 29 heavy (non-hydrogen) atoms. The summed E-state index contributed by atoms with van der Waals surface area (Å²) in [6.07, 6.45) is 4.02. The van der Waals surface area contributed by atoms with Crippen molar-refractivity contribution < 1.29 is 13.2 Å². The van der Waals surface area contributed by atoms with Gasteiger partial charge in [-0.05, 0) is 67.3 Å². The first-order valence-corrected chi connectivity index (χ1v) is 12.4. The number of sulfonamides is 1. The number of rotatable bonds is 6. The molecule has 0 atom stereocenters. The molecule has 154 valence electrons. The van der Waals surface area contributed by atoms with Crippen molar-refractivity contribution in [2.24, 2.45) is 0 Å². The van der Waals surface area contributed by atoms with Gasteiger partial charge in [0.15, 0.2) is 0 Å². The van der Waals surface area contributed by atoms with Crippen molar-refractivity contribution >= 4 is 44.6 Å². The van der Waals surface area contributed by atoms with Crippen molar-refractivity contribution in [3.05, 3.63) is 62.4 Å². The van der Waals surface area contributed by atoms with E-state index >= 15 is 0 Å². The summed E-state index contributed by atoms with van der Waals surface area (Å²) in [7, 11) is -3.62. The topological polar surface area (TPSA) is 78.5 Å². The molecule has 0 unspecified atom stereocenters. The van der Waals surface area contributed by atoms with Crippen LogP contribution >= 0.6 is 22.9 Å². The van der Waals surface area contributed by atoms with E-state index in [0.29, 0.717) is 17.3 Å². The lowest BCUT2D eigenvalue weighted by atomic mass is 10.0. The fraction of sp³-hybridized carbons (Fsp3) is 0.350. The number of nitrogens with one attached hydrogen (secondary N) is 2. The van der Waals surface area contributed by atoms with Gasteiger partial charge in [-0.15, -0.1) is 11.3 Å². The summed E-state index contributed by atoms with van der Waals surface area (Å²) < 4.78 is 27.9. The van der Waals surface area contributed by atoms with Crippen LogP contribution in [0.3, 0.4) is 0 Å². The molecular formula is C20H22ClN3O3S2. The smallest absolute Gasteiger partial charge is 0.275 e. The Balaban J connectivity index is 1.41. The maximum Gasteiger partial charge on any atom is 0.275 e. The number of halogens is 1. The molecule has 1 aromatic carbocycles. The van der Waals surface area contributed by atoms with Gasteiger partial charge in [-0.25, -0.2) is 8.42 Å². The highest BCUT2D eigenvalue weighted by Crippen LogP contribution is 2.26. The summed E-state index contributed by atoms with van der Waals surface area (Å²) >= 11 is 7.25. The first-order valence-electron chi connectivity index (χ1n) is 9.50. The molecule has 0 fully saturated rings. The third-order valence-electron chi connectivity index (χ3n) is 5.08. The molecule has 2 aromatic rings. The third kappa shape index (κ3) is 4.83. The number of hydrogen-bond donors (Lipinski definition) is 2. The predicted octanol–water partition coefficient (Wildman–Crippen LogP) is 2.83. The Morgan fingerprint density at radius 2 is 2.07 bits per heavy atom. The normalized spacial score (nSPS) is 17.1. The van der Waals surface area contributed by atoms with E-state index in [2.05, 4.69) is 10.0 Å². The van der Waals surface area contributed by atoms with Gasteiger partial charge in [0.2, 0.25) is 10.0 Å². The van der Waals surface area contributed by atoms with Gasteiger partial charge in [0.1, 0.15) is 5.70 Å². The van der Waals surface area contributed by atoms with Crippen molar-refractivity contribution in [3.63, 3.8) is 0 Å². The molecule has 1 aromatic heterocycles. The Bertz CT molecular complexity index is 1060. The van der Waals surface area contributed by atoms with E-state index in [1.807, 2.05) is 24.3 Å². The highest BCUT2D eigenvalue weighted by molar-refractivity contribution is 7.89. The van der Waals surface area contributed by atoms with E-state index in [-0.39, 0.29) is 17.4 Å². The van der Waals surface area contributed by atoms with Gasteiger partial charge in [0.05, 0.1) is 10.1 Å². The number of aryl methyl sites for hydroxylation is 2. The van der Waals surface area contributed by atoms with Gasteiger partial charge < -0.3 is 10.2 Å². The number of hydrogen-bond acceptors (Lipinski definition) is 5. The third-order valence-corrected chi connectivity index (χ3v) is 7.65. The average Bonchev–Trinajstić information content (AvgIpc) is 3.17. The summed E-state index contributed by atoms with van der Waals surface area (Å²) in [5, 5.41) is 3.38. The van der Waals surface area contributed by atoms with Crippen LogP contribution in [0.2, 0.25) is 4.34 Å². The van der Waals surface area contributed by atoms with Gasteiger partial charge in [0, 0.05) is 23.7 Å². The number of nitrogens with zero attached hydrogens (tertiary/aromatic N) is 1. The molecule has 0 aliphatic carbocycles. The van der Waals surface area contributed by atoms with Crippen molar-refractivity contribution in [3.8, 4) is 0 Å². The van der Waals surface area contributed by atoms with Gasteiger partial charge in [-0.3, -0.25) is 9.52 Å². The molecule has 2 aliphatic rings. The molecule has 0 spiro atoms. The Kier molecular flexibility index (Phi) is 5.96. The molecule has 9 heteroatoms. The summed E-state index contributed by atoms with van der Waals surface area (Å²) in [6.45, 7) is 2.17.